The standard InChI is InChI=1S/C17H31N5O/c1-3-18-17(19-8-12-21-9-4-5-10-21)20-15-16-7-6-11-22(16)13-14-23-2/h4-5,9-10,16H,3,6-8,11-15H2,1-2H3,(H2,18,19,20). The van der Waals surface area contributed by atoms with E-state index in [0.29, 0.717) is 6.04 Å². The minimum absolute atomic E-state index is 0.546. The van der Waals surface area contributed by atoms with Gasteiger partial charge in [0, 0.05) is 51.7 Å². The van der Waals surface area contributed by atoms with Crippen LogP contribution in [0.1, 0.15) is 19.8 Å². The van der Waals surface area contributed by atoms with E-state index in [4.69, 9.17) is 9.73 Å². The van der Waals surface area contributed by atoms with Gasteiger partial charge < -0.3 is 19.9 Å². The summed E-state index contributed by atoms with van der Waals surface area (Å²) in [7, 11) is 1.77. The number of rotatable bonds is 9. The van der Waals surface area contributed by atoms with Gasteiger partial charge in [-0.05, 0) is 38.4 Å². The van der Waals surface area contributed by atoms with Crippen LogP contribution in [0.25, 0.3) is 0 Å². The summed E-state index contributed by atoms with van der Waals surface area (Å²) in [5.41, 5.74) is 0. The summed E-state index contributed by atoms with van der Waals surface area (Å²) in [5.74, 6) is 0.915. The molecule has 0 amide bonds. The second-order valence-electron chi connectivity index (χ2n) is 5.89. The van der Waals surface area contributed by atoms with Gasteiger partial charge in [0.1, 0.15) is 0 Å². The molecule has 1 aliphatic rings. The maximum atomic E-state index is 5.20. The molecule has 6 heteroatoms. The Kier molecular flexibility index (Phi) is 7.97. The molecular formula is C17H31N5O. The minimum Gasteiger partial charge on any atom is -0.383 e. The fourth-order valence-corrected chi connectivity index (χ4v) is 2.97. The monoisotopic (exact) mass is 321 g/mol. The van der Waals surface area contributed by atoms with Crippen molar-refractivity contribution in [2.75, 3.05) is 46.4 Å². The fourth-order valence-electron chi connectivity index (χ4n) is 2.97. The molecule has 0 aromatic carbocycles. The van der Waals surface area contributed by atoms with Crippen molar-refractivity contribution in [3.8, 4) is 0 Å². The molecule has 1 aromatic heterocycles. The van der Waals surface area contributed by atoms with Crippen molar-refractivity contribution in [2.45, 2.75) is 32.4 Å². The molecule has 2 N–H and O–H groups in total. The Bertz CT molecular complexity index is 446. The second kappa shape index (κ2) is 10.3. The molecule has 130 valence electrons. The Hall–Kier alpha value is -1.53. The summed E-state index contributed by atoms with van der Waals surface area (Å²) in [6.45, 7) is 8.63. The molecule has 1 saturated heterocycles. The molecule has 0 saturated carbocycles. The zero-order valence-corrected chi connectivity index (χ0v) is 14.5. The van der Waals surface area contributed by atoms with Gasteiger partial charge in [-0.25, -0.2) is 0 Å². The minimum atomic E-state index is 0.546. The number of methoxy groups -OCH3 is 1. The Morgan fingerprint density at radius 2 is 2.09 bits per heavy atom. The van der Waals surface area contributed by atoms with E-state index in [1.165, 1.54) is 19.4 Å². The SMILES string of the molecule is CCNC(=NCC1CCCN1CCOC)NCCn1cccc1. The summed E-state index contributed by atoms with van der Waals surface area (Å²) in [4.78, 5) is 7.27. The molecule has 0 spiro atoms. The lowest BCUT2D eigenvalue weighted by molar-refractivity contribution is 0.142. The Morgan fingerprint density at radius 1 is 1.26 bits per heavy atom. The quantitative estimate of drug-likeness (QED) is 0.529. The van der Waals surface area contributed by atoms with Crippen LogP contribution < -0.4 is 10.6 Å². The summed E-state index contributed by atoms with van der Waals surface area (Å²) >= 11 is 0. The first-order valence-electron chi connectivity index (χ1n) is 8.69. The van der Waals surface area contributed by atoms with Gasteiger partial charge in [-0.3, -0.25) is 9.89 Å². The highest BCUT2D eigenvalue weighted by atomic mass is 16.5. The lowest BCUT2D eigenvalue weighted by Crippen LogP contribution is -2.40. The Morgan fingerprint density at radius 3 is 2.83 bits per heavy atom. The van der Waals surface area contributed by atoms with Crippen LogP contribution in [0.15, 0.2) is 29.5 Å². The number of ether oxygens (including phenoxy) is 1. The number of likely N-dealkylation sites (tertiary alicyclic amines) is 1. The van der Waals surface area contributed by atoms with Crippen LogP contribution in [0.3, 0.4) is 0 Å². The van der Waals surface area contributed by atoms with Gasteiger partial charge >= 0.3 is 0 Å². The van der Waals surface area contributed by atoms with E-state index in [-0.39, 0.29) is 0 Å². The van der Waals surface area contributed by atoms with Gasteiger partial charge in [-0.1, -0.05) is 0 Å². The molecular weight excluding hydrogens is 290 g/mol. The van der Waals surface area contributed by atoms with Gasteiger partial charge in [0.2, 0.25) is 0 Å². The molecule has 0 radical (unpaired) electrons. The molecule has 6 nitrogen and oxygen atoms in total. The third-order valence-corrected chi connectivity index (χ3v) is 4.21. The summed E-state index contributed by atoms with van der Waals surface area (Å²) < 4.78 is 7.37. The van der Waals surface area contributed by atoms with Crippen molar-refractivity contribution < 1.29 is 4.74 Å². The highest BCUT2D eigenvalue weighted by Crippen LogP contribution is 2.16. The molecule has 2 rings (SSSR count). The molecule has 1 atom stereocenters. The molecule has 2 heterocycles. The average molecular weight is 321 g/mol. The molecule has 23 heavy (non-hydrogen) atoms. The maximum absolute atomic E-state index is 5.20. The van der Waals surface area contributed by atoms with Crippen molar-refractivity contribution in [1.29, 1.82) is 0 Å². The van der Waals surface area contributed by atoms with E-state index in [1.807, 2.05) is 12.1 Å². The summed E-state index contributed by atoms with van der Waals surface area (Å²) in [6.07, 6.45) is 6.66. The van der Waals surface area contributed by atoms with Crippen molar-refractivity contribution in [3.63, 3.8) is 0 Å². The number of guanidine groups is 1. The number of nitrogens with one attached hydrogen (secondary N) is 2. The third-order valence-electron chi connectivity index (χ3n) is 4.21. The van der Waals surface area contributed by atoms with Gasteiger partial charge in [0.25, 0.3) is 0 Å². The normalized spacial score (nSPS) is 19.2. The van der Waals surface area contributed by atoms with Crippen LogP contribution in [-0.2, 0) is 11.3 Å². The van der Waals surface area contributed by atoms with E-state index in [9.17, 15) is 0 Å². The van der Waals surface area contributed by atoms with Crippen LogP contribution in [0.4, 0.5) is 0 Å². The molecule has 1 aromatic rings. The molecule has 1 aliphatic heterocycles. The smallest absolute Gasteiger partial charge is 0.191 e. The van der Waals surface area contributed by atoms with Crippen LogP contribution in [0, 0.1) is 0 Å². The first kappa shape index (κ1) is 17.8. The third kappa shape index (κ3) is 6.23. The van der Waals surface area contributed by atoms with Gasteiger partial charge in [-0.2, -0.15) is 0 Å². The summed E-state index contributed by atoms with van der Waals surface area (Å²) in [6, 6.07) is 4.65. The zero-order chi connectivity index (χ0) is 16.3. The van der Waals surface area contributed by atoms with Crippen LogP contribution in [-0.4, -0.2) is 67.9 Å². The van der Waals surface area contributed by atoms with Crippen molar-refractivity contribution >= 4 is 5.96 Å². The van der Waals surface area contributed by atoms with Crippen molar-refractivity contribution in [1.82, 2.24) is 20.1 Å². The lowest BCUT2D eigenvalue weighted by Gasteiger charge is -2.23. The van der Waals surface area contributed by atoms with Gasteiger partial charge in [0.05, 0.1) is 13.2 Å². The molecule has 1 unspecified atom stereocenters. The van der Waals surface area contributed by atoms with E-state index < -0.39 is 0 Å². The predicted octanol–water partition coefficient (Wildman–Crippen LogP) is 1.15. The van der Waals surface area contributed by atoms with Crippen LogP contribution in [0.5, 0.6) is 0 Å². The molecule has 0 aliphatic carbocycles. The highest BCUT2D eigenvalue weighted by molar-refractivity contribution is 5.79. The Balaban J connectivity index is 1.77. The number of nitrogens with zero attached hydrogens (tertiary/aromatic N) is 3. The fraction of sp³-hybridized carbons (Fsp3) is 0.706. The largest absolute Gasteiger partial charge is 0.383 e. The van der Waals surface area contributed by atoms with E-state index >= 15 is 0 Å². The maximum Gasteiger partial charge on any atom is 0.191 e. The number of aliphatic imine (C=N–C) groups is 1. The number of aromatic nitrogens is 1. The number of hydrogen-bond donors (Lipinski definition) is 2. The zero-order valence-electron chi connectivity index (χ0n) is 14.5. The van der Waals surface area contributed by atoms with Crippen molar-refractivity contribution in [3.05, 3.63) is 24.5 Å². The van der Waals surface area contributed by atoms with Crippen LogP contribution >= 0.6 is 0 Å². The predicted molar refractivity (Wildman–Crippen MR) is 94.9 cm³/mol. The topological polar surface area (TPSA) is 53.8 Å². The lowest BCUT2D eigenvalue weighted by atomic mass is 10.2. The average Bonchev–Trinajstić information content (AvgIpc) is 3.22. The Labute approximate surface area is 139 Å². The summed E-state index contributed by atoms with van der Waals surface area (Å²) in [5, 5.41) is 6.75. The molecule has 0 bridgehead atoms. The van der Waals surface area contributed by atoms with E-state index in [1.54, 1.807) is 7.11 Å². The van der Waals surface area contributed by atoms with Gasteiger partial charge in [0.15, 0.2) is 5.96 Å². The van der Waals surface area contributed by atoms with Gasteiger partial charge in [-0.15, -0.1) is 0 Å². The first-order valence-corrected chi connectivity index (χ1v) is 8.69. The second-order valence-corrected chi connectivity index (χ2v) is 5.89. The van der Waals surface area contributed by atoms with E-state index in [2.05, 4.69) is 39.4 Å². The van der Waals surface area contributed by atoms with Crippen molar-refractivity contribution in [2.24, 2.45) is 4.99 Å². The number of hydrogen-bond acceptors (Lipinski definition) is 3. The van der Waals surface area contributed by atoms with E-state index in [0.717, 1.165) is 45.3 Å². The van der Waals surface area contributed by atoms with Crippen LogP contribution in [0.2, 0.25) is 0 Å². The highest BCUT2D eigenvalue weighted by Gasteiger charge is 2.23. The molecule has 1 fully saturated rings. The first-order chi connectivity index (χ1) is 11.3.